The summed E-state index contributed by atoms with van der Waals surface area (Å²) in [5.74, 6) is -0.451. The Hall–Kier alpha value is -4.26. The van der Waals surface area contributed by atoms with Crippen LogP contribution in [0.25, 0.3) is 5.69 Å². The van der Waals surface area contributed by atoms with Crippen LogP contribution in [0.3, 0.4) is 0 Å². The number of halogens is 3. The van der Waals surface area contributed by atoms with Crippen molar-refractivity contribution in [1.82, 2.24) is 20.1 Å². The fourth-order valence-corrected chi connectivity index (χ4v) is 4.14. The van der Waals surface area contributed by atoms with E-state index >= 15 is 0 Å². The number of alkyl halides is 3. The predicted molar refractivity (Wildman–Crippen MR) is 129 cm³/mol. The SMILES string of the molecule is COc1ccccc1-n1c(CNC(=O)c2ccco2)nnc1SCC(=O)Nc1ccccc1C(F)(F)F. The molecule has 0 unspecified atom stereocenters. The van der Waals surface area contributed by atoms with E-state index in [9.17, 15) is 22.8 Å². The molecule has 0 aliphatic rings. The number of nitrogens with one attached hydrogen (secondary N) is 2. The molecule has 2 N–H and O–H groups in total. The van der Waals surface area contributed by atoms with E-state index in [-0.39, 0.29) is 28.9 Å². The maximum absolute atomic E-state index is 13.3. The molecule has 0 aliphatic heterocycles. The normalized spacial score (nSPS) is 11.2. The Kier molecular flexibility index (Phi) is 7.82. The lowest BCUT2D eigenvalue weighted by Crippen LogP contribution is -2.24. The van der Waals surface area contributed by atoms with Gasteiger partial charge in [-0.2, -0.15) is 13.2 Å². The van der Waals surface area contributed by atoms with Crippen molar-refractivity contribution in [3.63, 3.8) is 0 Å². The zero-order chi connectivity index (χ0) is 26.4. The Morgan fingerprint density at radius 3 is 2.54 bits per heavy atom. The minimum atomic E-state index is -4.62. The molecule has 0 bridgehead atoms. The van der Waals surface area contributed by atoms with E-state index in [0.29, 0.717) is 17.3 Å². The van der Waals surface area contributed by atoms with Gasteiger partial charge >= 0.3 is 6.18 Å². The van der Waals surface area contributed by atoms with E-state index in [1.807, 2.05) is 0 Å². The van der Waals surface area contributed by atoms with Gasteiger partial charge in [0.15, 0.2) is 16.7 Å². The molecule has 37 heavy (non-hydrogen) atoms. The van der Waals surface area contributed by atoms with E-state index in [1.54, 1.807) is 34.9 Å². The van der Waals surface area contributed by atoms with Crippen LogP contribution in [-0.2, 0) is 17.5 Å². The third-order valence-corrected chi connectivity index (χ3v) is 5.95. The fourth-order valence-electron chi connectivity index (χ4n) is 3.37. The minimum absolute atomic E-state index is 0.0315. The van der Waals surface area contributed by atoms with Crippen LogP contribution in [0.2, 0.25) is 0 Å². The minimum Gasteiger partial charge on any atom is -0.495 e. The van der Waals surface area contributed by atoms with Crippen LogP contribution in [0.4, 0.5) is 18.9 Å². The molecule has 192 valence electrons. The Bertz CT molecular complexity index is 1390. The number of aromatic nitrogens is 3. The number of benzene rings is 2. The van der Waals surface area contributed by atoms with Crippen molar-refractivity contribution in [3.8, 4) is 11.4 Å². The van der Waals surface area contributed by atoms with Crippen molar-refractivity contribution < 1.29 is 31.9 Å². The number of nitrogens with zero attached hydrogens (tertiary/aromatic N) is 3. The quantitative estimate of drug-likeness (QED) is 0.305. The van der Waals surface area contributed by atoms with Gasteiger partial charge in [-0.25, -0.2) is 0 Å². The monoisotopic (exact) mass is 531 g/mol. The second-order valence-corrected chi connectivity index (χ2v) is 8.39. The molecule has 2 aromatic carbocycles. The maximum atomic E-state index is 13.3. The van der Waals surface area contributed by atoms with Gasteiger partial charge in [-0.3, -0.25) is 14.2 Å². The number of carbonyl (C=O) groups is 2. The molecule has 4 rings (SSSR count). The van der Waals surface area contributed by atoms with Gasteiger partial charge in [0.1, 0.15) is 5.75 Å². The summed E-state index contributed by atoms with van der Waals surface area (Å²) in [6.07, 6.45) is -3.24. The zero-order valence-corrected chi connectivity index (χ0v) is 20.1. The van der Waals surface area contributed by atoms with E-state index in [0.717, 1.165) is 17.8 Å². The van der Waals surface area contributed by atoms with Gasteiger partial charge in [-0.1, -0.05) is 36.0 Å². The summed E-state index contributed by atoms with van der Waals surface area (Å²) in [6.45, 7) is -0.0315. The van der Waals surface area contributed by atoms with Gasteiger partial charge in [-0.15, -0.1) is 10.2 Å². The molecule has 0 atom stereocenters. The Balaban J connectivity index is 1.55. The zero-order valence-electron chi connectivity index (χ0n) is 19.3. The molecule has 0 aliphatic carbocycles. The number of rotatable bonds is 9. The van der Waals surface area contributed by atoms with Gasteiger partial charge in [-0.05, 0) is 36.4 Å². The number of thioether (sulfide) groups is 1. The van der Waals surface area contributed by atoms with Crippen molar-refractivity contribution in [2.75, 3.05) is 18.2 Å². The summed E-state index contributed by atoms with van der Waals surface area (Å²) in [5.41, 5.74) is -0.740. The van der Waals surface area contributed by atoms with E-state index < -0.39 is 23.6 Å². The molecule has 9 nitrogen and oxygen atoms in total. The lowest BCUT2D eigenvalue weighted by atomic mass is 10.1. The summed E-state index contributed by atoms with van der Waals surface area (Å²) in [6, 6.07) is 14.8. The van der Waals surface area contributed by atoms with Crippen LogP contribution in [0, 0.1) is 0 Å². The first-order valence-electron chi connectivity index (χ1n) is 10.8. The van der Waals surface area contributed by atoms with E-state index in [1.165, 1.54) is 37.6 Å². The van der Waals surface area contributed by atoms with Gasteiger partial charge in [0.2, 0.25) is 5.91 Å². The number of furan rings is 1. The highest BCUT2D eigenvalue weighted by atomic mass is 32.2. The number of hydrogen-bond donors (Lipinski definition) is 2. The molecule has 0 spiro atoms. The van der Waals surface area contributed by atoms with E-state index in [4.69, 9.17) is 9.15 Å². The van der Waals surface area contributed by atoms with Crippen molar-refractivity contribution in [1.29, 1.82) is 0 Å². The molecular weight excluding hydrogens is 511 g/mol. The van der Waals surface area contributed by atoms with Gasteiger partial charge in [0, 0.05) is 0 Å². The van der Waals surface area contributed by atoms with Crippen molar-refractivity contribution in [3.05, 3.63) is 84.1 Å². The summed E-state index contributed by atoms with van der Waals surface area (Å²) in [5, 5.41) is 13.5. The van der Waals surface area contributed by atoms with Crippen LogP contribution in [0.5, 0.6) is 5.75 Å². The second-order valence-electron chi connectivity index (χ2n) is 7.45. The van der Waals surface area contributed by atoms with Gasteiger partial charge in [0.25, 0.3) is 5.91 Å². The van der Waals surface area contributed by atoms with Crippen LogP contribution in [0.15, 0.2) is 76.5 Å². The molecule has 0 radical (unpaired) electrons. The first kappa shape index (κ1) is 25.8. The van der Waals surface area contributed by atoms with Crippen LogP contribution < -0.4 is 15.4 Å². The Morgan fingerprint density at radius 2 is 1.81 bits per heavy atom. The highest BCUT2D eigenvalue weighted by Crippen LogP contribution is 2.35. The highest BCUT2D eigenvalue weighted by Gasteiger charge is 2.33. The van der Waals surface area contributed by atoms with Crippen molar-refractivity contribution in [2.24, 2.45) is 0 Å². The molecule has 2 aromatic heterocycles. The largest absolute Gasteiger partial charge is 0.495 e. The van der Waals surface area contributed by atoms with Crippen molar-refractivity contribution in [2.45, 2.75) is 17.9 Å². The predicted octanol–water partition coefficient (Wildman–Crippen LogP) is 4.55. The number of carbonyl (C=O) groups excluding carboxylic acids is 2. The fraction of sp³-hybridized carbons (Fsp3) is 0.167. The lowest BCUT2D eigenvalue weighted by molar-refractivity contribution is -0.137. The molecule has 13 heteroatoms. The smallest absolute Gasteiger partial charge is 0.418 e. The number of para-hydroxylation sites is 3. The van der Waals surface area contributed by atoms with Gasteiger partial charge in [0.05, 0.1) is 42.6 Å². The summed E-state index contributed by atoms with van der Waals surface area (Å²) < 4.78 is 51.9. The Labute approximate surface area is 213 Å². The number of hydrogen-bond acceptors (Lipinski definition) is 7. The third kappa shape index (κ3) is 6.12. The molecule has 0 fully saturated rings. The van der Waals surface area contributed by atoms with Crippen LogP contribution >= 0.6 is 11.8 Å². The topological polar surface area (TPSA) is 111 Å². The summed E-state index contributed by atoms with van der Waals surface area (Å²) in [7, 11) is 1.49. The molecule has 2 amide bonds. The first-order valence-corrected chi connectivity index (χ1v) is 11.7. The van der Waals surface area contributed by atoms with E-state index in [2.05, 4.69) is 20.8 Å². The van der Waals surface area contributed by atoms with Crippen LogP contribution in [0.1, 0.15) is 21.9 Å². The molecule has 4 aromatic rings. The number of methoxy groups -OCH3 is 1. The highest BCUT2D eigenvalue weighted by molar-refractivity contribution is 7.99. The summed E-state index contributed by atoms with van der Waals surface area (Å²) >= 11 is 0.964. The molecule has 0 saturated carbocycles. The standard InChI is InChI=1S/C24H20F3N5O4S/c1-35-18-10-5-4-9-17(18)32-20(13-28-22(34)19-11-6-12-36-19)30-31-23(32)37-14-21(33)29-16-8-3-2-7-15(16)24(25,26)27/h2-12H,13-14H2,1H3,(H,28,34)(H,29,33). The summed E-state index contributed by atoms with van der Waals surface area (Å²) in [4.78, 5) is 24.9. The van der Waals surface area contributed by atoms with Crippen molar-refractivity contribution >= 4 is 29.3 Å². The Morgan fingerprint density at radius 1 is 1.05 bits per heavy atom. The van der Waals surface area contributed by atoms with Crippen LogP contribution in [-0.4, -0.2) is 39.4 Å². The number of anilines is 1. The molecule has 0 saturated heterocycles. The average molecular weight is 532 g/mol. The molecular formula is C24H20F3N5O4S. The van der Waals surface area contributed by atoms with Gasteiger partial charge < -0.3 is 19.8 Å². The lowest BCUT2D eigenvalue weighted by Gasteiger charge is -2.15. The average Bonchev–Trinajstić information content (AvgIpc) is 3.56. The number of amides is 2. The third-order valence-electron chi connectivity index (χ3n) is 5.02. The first-order chi connectivity index (χ1) is 17.8. The molecule has 2 heterocycles. The number of ether oxygens (including phenoxy) is 1. The maximum Gasteiger partial charge on any atom is 0.418 e. The second kappa shape index (κ2) is 11.2.